The summed E-state index contributed by atoms with van der Waals surface area (Å²) in [6.45, 7) is 2.15. The van der Waals surface area contributed by atoms with E-state index in [-0.39, 0.29) is 35.2 Å². The van der Waals surface area contributed by atoms with Gasteiger partial charge in [-0.05, 0) is 36.5 Å². The molecule has 4 rings (SSSR count). The zero-order valence-electron chi connectivity index (χ0n) is 17.8. The molecule has 0 bridgehead atoms. The third-order valence-corrected chi connectivity index (χ3v) is 6.30. The van der Waals surface area contributed by atoms with Crippen LogP contribution in [0.4, 0.5) is 5.69 Å². The van der Waals surface area contributed by atoms with Crippen LogP contribution in [0.25, 0.3) is 0 Å². The Balaban J connectivity index is 1.62. The predicted octanol–water partition coefficient (Wildman–Crippen LogP) is 3.50. The summed E-state index contributed by atoms with van der Waals surface area (Å²) in [6, 6.07) is 11.3. The Labute approximate surface area is 185 Å². The molecule has 166 valence electrons. The number of carbonyl (C=O) groups is 3. The highest BCUT2D eigenvalue weighted by atomic mass is 16.6. The first-order chi connectivity index (χ1) is 15.3. The summed E-state index contributed by atoms with van der Waals surface area (Å²) in [5.74, 6) is -0.868. The van der Waals surface area contributed by atoms with E-state index < -0.39 is 22.8 Å². The lowest BCUT2D eigenvalue weighted by Gasteiger charge is -2.31. The van der Waals surface area contributed by atoms with Crippen LogP contribution < -0.4 is 5.32 Å². The van der Waals surface area contributed by atoms with Crippen molar-refractivity contribution < 1.29 is 19.3 Å². The Morgan fingerprint density at radius 2 is 1.72 bits per heavy atom. The van der Waals surface area contributed by atoms with E-state index in [4.69, 9.17) is 0 Å². The van der Waals surface area contributed by atoms with Crippen LogP contribution in [0.3, 0.4) is 0 Å². The molecule has 1 aliphatic carbocycles. The van der Waals surface area contributed by atoms with Gasteiger partial charge in [0, 0.05) is 24.6 Å². The molecule has 3 amide bonds. The van der Waals surface area contributed by atoms with E-state index in [1.807, 2.05) is 0 Å². The van der Waals surface area contributed by atoms with Crippen LogP contribution in [-0.2, 0) is 11.2 Å². The number of hydrogen-bond acceptors (Lipinski definition) is 5. The van der Waals surface area contributed by atoms with Gasteiger partial charge in [-0.1, -0.05) is 44.0 Å². The molecule has 1 heterocycles. The summed E-state index contributed by atoms with van der Waals surface area (Å²) < 4.78 is 0. The molecule has 8 nitrogen and oxygen atoms in total. The fourth-order valence-corrected chi connectivity index (χ4v) is 4.63. The average molecular weight is 435 g/mol. The van der Waals surface area contributed by atoms with Gasteiger partial charge >= 0.3 is 0 Å². The number of non-ortho nitro benzene ring substituents is 1. The average Bonchev–Trinajstić information content (AvgIpc) is 3.03. The van der Waals surface area contributed by atoms with E-state index in [9.17, 15) is 24.5 Å². The smallest absolute Gasteiger partial charge is 0.269 e. The van der Waals surface area contributed by atoms with Crippen molar-refractivity contribution in [3.8, 4) is 0 Å². The molecule has 0 aromatic heterocycles. The number of imide groups is 1. The van der Waals surface area contributed by atoms with E-state index in [0.29, 0.717) is 11.5 Å². The summed E-state index contributed by atoms with van der Waals surface area (Å²) in [5.41, 5.74) is 1.13. The minimum Gasteiger partial charge on any atom is -0.352 e. The molecule has 1 N–H and O–H groups in total. The van der Waals surface area contributed by atoms with Gasteiger partial charge in [-0.2, -0.15) is 0 Å². The van der Waals surface area contributed by atoms with Crippen molar-refractivity contribution in [1.29, 1.82) is 0 Å². The maximum Gasteiger partial charge on any atom is 0.269 e. The SMILES string of the molecule is C[C@@H]1CCC[C@H](NC(=O)[C@@H](Cc2ccc([N+](=O)[O-])cc2)N2C(=O)c3ccccc3C2=O)C1. The van der Waals surface area contributed by atoms with Crippen molar-refractivity contribution in [3.05, 3.63) is 75.3 Å². The molecule has 32 heavy (non-hydrogen) atoms. The van der Waals surface area contributed by atoms with E-state index in [1.165, 1.54) is 12.1 Å². The summed E-state index contributed by atoms with van der Waals surface area (Å²) in [5, 5.41) is 14.0. The Morgan fingerprint density at radius 3 is 2.28 bits per heavy atom. The number of rotatable bonds is 6. The maximum absolute atomic E-state index is 13.4. The number of nitro groups is 1. The third kappa shape index (κ3) is 4.26. The van der Waals surface area contributed by atoms with Crippen molar-refractivity contribution in [2.75, 3.05) is 0 Å². The van der Waals surface area contributed by atoms with Gasteiger partial charge in [0.15, 0.2) is 0 Å². The van der Waals surface area contributed by atoms with E-state index in [1.54, 1.807) is 36.4 Å². The van der Waals surface area contributed by atoms with Crippen LogP contribution in [0.15, 0.2) is 48.5 Å². The largest absolute Gasteiger partial charge is 0.352 e. The normalized spacial score (nSPS) is 21.2. The Hall–Kier alpha value is -3.55. The maximum atomic E-state index is 13.4. The Bertz CT molecular complexity index is 1030. The minimum absolute atomic E-state index is 0.000734. The zero-order chi connectivity index (χ0) is 22.8. The molecule has 0 saturated heterocycles. The van der Waals surface area contributed by atoms with E-state index in [2.05, 4.69) is 12.2 Å². The predicted molar refractivity (Wildman–Crippen MR) is 117 cm³/mol. The van der Waals surface area contributed by atoms with Gasteiger partial charge in [0.25, 0.3) is 17.5 Å². The van der Waals surface area contributed by atoms with Crippen molar-refractivity contribution in [2.24, 2.45) is 5.92 Å². The van der Waals surface area contributed by atoms with Crippen LogP contribution in [0.1, 0.15) is 58.9 Å². The first-order valence-corrected chi connectivity index (χ1v) is 10.9. The third-order valence-electron chi connectivity index (χ3n) is 6.30. The van der Waals surface area contributed by atoms with Gasteiger partial charge < -0.3 is 5.32 Å². The molecule has 1 saturated carbocycles. The van der Waals surface area contributed by atoms with Gasteiger partial charge in [0.1, 0.15) is 6.04 Å². The lowest BCUT2D eigenvalue weighted by Crippen LogP contribution is -2.53. The van der Waals surface area contributed by atoms with Gasteiger partial charge in [-0.15, -0.1) is 0 Å². The number of fused-ring (bicyclic) bond motifs is 1. The molecule has 1 aliphatic heterocycles. The monoisotopic (exact) mass is 435 g/mol. The first kappa shape index (κ1) is 21.7. The fraction of sp³-hybridized carbons (Fsp3) is 0.375. The molecule has 2 aromatic carbocycles. The second-order valence-electron chi connectivity index (χ2n) is 8.65. The van der Waals surface area contributed by atoms with Crippen molar-refractivity contribution >= 4 is 23.4 Å². The fourth-order valence-electron chi connectivity index (χ4n) is 4.63. The van der Waals surface area contributed by atoms with Gasteiger partial charge in [0.2, 0.25) is 5.91 Å². The first-order valence-electron chi connectivity index (χ1n) is 10.9. The van der Waals surface area contributed by atoms with Crippen molar-refractivity contribution in [1.82, 2.24) is 10.2 Å². The van der Waals surface area contributed by atoms with Gasteiger partial charge in [-0.25, -0.2) is 0 Å². The van der Waals surface area contributed by atoms with Crippen LogP contribution in [0, 0.1) is 16.0 Å². The summed E-state index contributed by atoms with van der Waals surface area (Å²) in [6.07, 6.45) is 3.95. The summed E-state index contributed by atoms with van der Waals surface area (Å²) >= 11 is 0. The number of nitrogens with zero attached hydrogens (tertiary/aromatic N) is 2. The van der Waals surface area contributed by atoms with Crippen molar-refractivity contribution in [2.45, 2.75) is 51.1 Å². The molecule has 0 spiro atoms. The number of nitrogens with one attached hydrogen (secondary N) is 1. The summed E-state index contributed by atoms with van der Waals surface area (Å²) in [7, 11) is 0. The quantitative estimate of drug-likeness (QED) is 0.424. The molecule has 0 radical (unpaired) electrons. The number of amides is 3. The standard InChI is InChI=1S/C24H25N3O5/c1-15-5-4-6-17(13-15)25-22(28)21(14-16-9-11-18(12-10-16)27(31)32)26-23(29)19-7-2-3-8-20(19)24(26)30/h2-3,7-12,15,17,21H,4-6,13-14H2,1H3,(H,25,28)/t15-,17+,21-/m1/s1. The lowest BCUT2D eigenvalue weighted by atomic mass is 9.87. The van der Waals surface area contributed by atoms with Crippen LogP contribution in [-0.4, -0.2) is 39.6 Å². The Morgan fingerprint density at radius 1 is 1.09 bits per heavy atom. The van der Waals surface area contributed by atoms with Gasteiger partial charge in [0.05, 0.1) is 16.1 Å². The van der Waals surface area contributed by atoms with Crippen molar-refractivity contribution in [3.63, 3.8) is 0 Å². The molecule has 0 unspecified atom stereocenters. The Kier molecular flexibility index (Phi) is 6.03. The number of carbonyl (C=O) groups excluding carboxylic acids is 3. The highest BCUT2D eigenvalue weighted by Crippen LogP contribution is 2.28. The van der Waals surface area contributed by atoms with E-state index >= 15 is 0 Å². The van der Waals surface area contributed by atoms with Crippen LogP contribution in [0.5, 0.6) is 0 Å². The second-order valence-corrected chi connectivity index (χ2v) is 8.65. The number of hydrogen-bond donors (Lipinski definition) is 1. The molecule has 3 atom stereocenters. The number of nitro benzene ring substituents is 1. The molecular weight excluding hydrogens is 410 g/mol. The highest BCUT2D eigenvalue weighted by Gasteiger charge is 2.43. The molecule has 8 heteroatoms. The second kappa shape index (κ2) is 8.90. The topological polar surface area (TPSA) is 110 Å². The lowest BCUT2D eigenvalue weighted by molar-refractivity contribution is -0.384. The molecule has 2 aromatic rings. The summed E-state index contributed by atoms with van der Waals surface area (Å²) in [4.78, 5) is 51.0. The van der Waals surface area contributed by atoms with Gasteiger partial charge in [-0.3, -0.25) is 29.4 Å². The highest BCUT2D eigenvalue weighted by molar-refractivity contribution is 6.22. The minimum atomic E-state index is -1.04. The van der Waals surface area contributed by atoms with E-state index in [0.717, 1.165) is 30.6 Å². The molecule has 1 fully saturated rings. The van der Waals surface area contributed by atoms with Crippen LogP contribution in [0.2, 0.25) is 0 Å². The molecule has 2 aliphatic rings. The molecular formula is C24H25N3O5. The zero-order valence-corrected chi connectivity index (χ0v) is 17.8. The number of benzene rings is 2. The van der Waals surface area contributed by atoms with Crippen LogP contribution >= 0.6 is 0 Å².